The van der Waals surface area contributed by atoms with Crippen molar-refractivity contribution in [2.24, 2.45) is 17.8 Å². The van der Waals surface area contributed by atoms with Gasteiger partial charge in [-0.3, -0.25) is 29.0 Å². The topological polar surface area (TPSA) is 145 Å². The number of phenols is 1. The first kappa shape index (κ1) is 30.6. The molecule has 4 aliphatic rings. The molecule has 3 N–H and O–H groups in total. The van der Waals surface area contributed by atoms with Crippen molar-refractivity contribution in [3.63, 3.8) is 0 Å². The first-order valence-corrected chi connectivity index (χ1v) is 15.9. The van der Waals surface area contributed by atoms with E-state index in [9.17, 15) is 34.3 Å². The molecule has 6 rings (SSSR count). The Morgan fingerprint density at radius 1 is 1.07 bits per heavy atom. The number of fused-ring (bicyclic) bond motifs is 4. The summed E-state index contributed by atoms with van der Waals surface area (Å²) in [4.78, 5) is 53.5. The minimum Gasteiger partial charge on any atom is -0.503 e. The molecule has 0 aromatic heterocycles. The van der Waals surface area contributed by atoms with E-state index in [0.717, 1.165) is 9.80 Å². The fourth-order valence-electron chi connectivity index (χ4n) is 7.12. The third-order valence-electron chi connectivity index (χ3n) is 9.05. The van der Waals surface area contributed by atoms with E-state index in [4.69, 9.17) is 27.9 Å². The highest BCUT2D eigenvalue weighted by molar-refractivity contribution is 9.10. The summed E-state index contributed by atoms with van der Waals surface area (Å²) in [5.41, 5.74) is 1.12. The van der Waals surface area contributed by atoms with Crippen LogP contribution in [0.5, 0.6) is 11.5 Å². The fourth-order valence-corrected chi connectivity index (χ4v) is 9.01. The highest BCUT2D eigenvalue weighted by atomic mass is 79.9. The molecule has 0 unspecified atom stereocenters. The van der Waals surface area contributed by atoms with E-state index < -0.39 is 64.2 Å². The molecule has 2 aromatic carbocycles. The lowest BCUT2D eigenvalue weighted by Crippen LogP contribution is -2.60. The Labute approximate surface area is 273 Å². The number of ether oxygens (including phenoxy) is 1. The van der Waals surface area contributed by atoms with E-state index in [2.05, 4.69) is 31.9 Å². The van der Waals surface area contributed by atoms with Crippen LogP contribution in [0.4, 0.5) is 5.69 Å². The van der Waals surface area contributed by atoms with Crippen LogP contribution in [0.2, 0.25) is 0 Å². The van der Waals surface area contributed by atoms with E-state index in [1.807, 2.05) is 0 Å². The van der Waals surface area contributed by atoms with E-state index in [0.29, 0.717) is 11.1 Å². The van der Waals surface area contributed by atoms with Gasteiger partial charge in [0, 0.05) is 5.92 Å². The summed E-state index contributed by atoms with van der Waals surface area (Å²) in [6, 6.07) is 8.92. The first-order chi connectivity index (χ1) is 20.3. The molecule has 2 aromatic rings. The van der Waals surface area contributed by atoms with Crippen LogP contribution in [0.1, 0.15) is 24.3 Å². The van der Waals surface area contributed by atoms with Gasteiger partial charge in [0.15, 0.2) is 21.2 Å². The molecule has 1 saturated carbocycles. The Hall–Kier alpha value is -2.42. The molecule has 4 amide bonds. The number of likely N-dealkylation sites (tertiary alicyclic amines) is 1. The van der Waals surface area contributed by atoms with Crippen LogP contribution in [-0.2, 0) is 19.2 Å². The number of carbonyl (C=O) groups is 4. The van der Waals surface area contributed by atoms with Gasteiger partial charge >= 0.3 is 7.12 Å². The molecule has 15 heteroatoms. The summed E-state index contributed by atoms with van der Waals surface area (Å²) in [5, 5.41) is 29.8. The minimum absolute atomic E-state index is 0.0830. The fraction of sp³-hybridized carbons (Fsp3) is 0.357. The van der Waals surface area contributed by atoms with Crippen LogP contribution < -0.4 is 15.1 Å². The second-order valence-electron chi connectivity index (χ2n) is 11.0. The van der Waals surface area contributed by atoms with Gasteiger partial charge in [-0.05, 0) is 70.0 Å². The third-order valence-corrected chi connectivity index (χ3v) is 11.6. The Kier molecular flexibility index (Phi) is 7.54. The van der Waals surface area contributed by atoms with E-state index in [1.54, 1.807) is 12.1 Å². The number of imide groups is 2. The predicted octanol–water partition coefficient (Wildman–Crippen LogP) is 2.76. The molecule has 0 bridgehead atoms. The average Bonchev–Trinajstić information content (AvgIpc) is 3.32. The molecular formula is C28H23BBr2Cl2N2O8. The molecule has 10 nitrogen and oxygen atoms in total. The number of amides is 4. The number of hydrogen-bond acceptors (Lipinski definition) is 8. The van der Waals surface area contributed by atoms with Gasteiger partial charge in [0.2, 0.25) is 11.8 Å². The quantitative estimate of drug-likeness (QED) is 0.139. The smallest absolute Gasteiger partial charge is 0.488 e. The van der Waals surface area contributed by atoms with E-state index >= 15 is 0 Å². The number of methoxy groups -OCH3 is 1. The van der Waals surface area contributed by atoms with Crippen molar-refractivity contribution in [1.82, 2.24) is 4.90 Å². The van der Waals surface area contributed by atoms with E-state index in [-0.39, 0.29) is 45.4 Å². The summed E-state index contributed by atoms with van der Waals surface area (Å²) in [6.07, 6.45) is 1.76. The maximum absolute atomic E-state index is 14.1. The summed E-state index contributed by atoms with van der Waals surface area (Å²) in [7, 11) is -0.443. The normalized spacial score (nSPS) is 31.6. The van der Waals surface area contributed by atoms with Crippen molar-refractivity contribution >= 4 is 97.0 Å². The molecule has 43 heavy (non-hydrogen) atoms. The number of alkyl halides is 3. The predicted molar refractivity (Wildman–Crippen MR) is 164 cm³/mol. The highest BCUT2D eigenvalue weighted by Gasteiger charge is 2.76. The number of aromatic hydroxyl groups is 1. The highest BCUT2D eigenvalue weighted by Crippen LogP contribution is 2.66. The lowest BCUT2D eigenvalue weighted by molar-refractivity contribution is -0.138. The zero-order valence-electron chi connectivity index (χ0n) is 22.3. The zero-order chi connectivity index (χ0) is 31.2. The Morgan fingerprint density at radius 2 is 1.79 bits per heavy atom. The van der Waals surface area contributed by atoms with Crippen LogP contribution in [0, 0.1) is 17.8 Å². The van der Waals surface area contributed by atoms with Crippen LogP contribution >= 0.6 is 55.1 Å². The van der Waals surface area contributed by atoms with Crippen LogP contribution in [0.25, 0.3) is 0 Å². The lowest BCUT2D eigenvalue weighted by atomic mass is 9.56. The van der Waals surface area contributed by atoms with Crippen molar-refractivity contribution < 1.29 is 39.1 Å². The summed E-state index contributed by atoms with van der Waals surface area (Å²) in [6.45, 7) is 0. The summed E-state index contributed by atoms with van der Waals surface area (Å²) < 4.78 is 5.60. The van der Waals surface area contributed by atoms with Crippen LogP contribution in [0.15, 0.2) is 52.5 Å². The number of halogens is 4. The van der Waals surface area contributed by atoms with Crippen molar-refractivity contribution in [2.75, 3.05) is 17.5 Å². The van der Waals surface area contributed by atoms with Gasteiger partial charge in [0.05, 0.1) is 34.6 Å². The van der Waals surface area contributed by atoms with Gasteiger partial charge in [-0.25, -0.2) is 0 Å². The molecule has 0 radical (unpaired) electrons. The maximum Gasteiger partial charge on any atom is 0.488 e. The largest absolute Gasteiger partial charge is 0.503 e. The number of hydrogen-bond donors (Lipinski definition) is 3. The van der Waals surface area contributed by atoms with Crippen molar-refractivity contribution in [3.8, 4) is 11.5 Å². The molecule has 0 spiro atoms. The van der Waals surface area contributed by atoms with Crippen molar-refractivity contribution in [2.45, 2.75) is 28.5 Å². The summed E-state index contributed by atoms with van der Waals surface area (Å²) in [5.74, 6) is -6.05. The number of benzene rings is 2. The number of carbonyl (C=O) groups excluding carboxylic acids is 4. The second-order valence-corrected chi connectivity index (χ2v) is 13.6. The number of rotatable bonds is 5. The lowest BCUT2D eigenvalue weighted by Gasteiger charge is -2.50. The van der Waals surface area contributed by atoms with Gasteiger partial charge in [0.1, 0.15) is 0 Å². The van der Waals surface area contributed by atoms with Gasteiger partial charge in [-0.2, -0.15) is 0 Å². The molecular weight excluding hydrogens is 734 g/mol. The number of nitrogens with zero attached hydrogens (tertiary/aromatic N) is 2. The first-order valence-electron chi connectivity index (χ1n) is 13.2. The minimum atomic E-state index is -2.01. The maximum atomic E-state index is 14.1. The summed E-state index contributed by atoms with van der Waals surface area (Å²) >= 11 is 21.0. The Bertz CT molecular complexity index is 1640. The van der Waals surface area contributed by atoms with Gasteiger partial charge in [0.25, 0.3) is 11.8 Å². The van der Waals surface area contributed by atoms with Crippen LogP contribution in [0.3, 0.4) is 0 Å². The molecule has 2 aliphatic heterocycles. The molecule has 2 aliphatic carbocycles. The standard InChI is InChI=1S/C28H23BBr2Cl2N2O8/c1-43-19-8-12(7-18(31)22(19)36)21-15-5-6-16-20(17(15)10-27(32)25(39)34(11-30)26(40)28(21,27)33)24(38)35(23(16)37)14-4-2-3-13(9-14)29(41)42/h2-5,7-9,16-17,20-21,36,41-42H,6,10-11H2,1H3/t16-,17+,20-,21-,27+,28-/m0/s1. The van der Waals surface area contributed by atoms with Gasteiger partial charge in [-0.15, -0.1) is 23.2 Å². The molecule has 2 saturated heterocycles. The van der Waals surface area contributed by atoms with Crippen molar-refractivity contribution in [1.29, 1.82) is 0 Å². The SMILES string of the molecule is COc1cc([C@H]2C3=CC[C@@H]4C(=O)N(c5cccc(B(O)O)c5)C(=O)[C@@H]4[C@@H]3C[C@@]3(Cl)C(=O)N(CBr)C(=O)[C@@]23Cl)cc(Br)c1O. The van der Waals surface area contributed by atoms with Crippen molar-refractivity contribution in [3.05, 3.63) is 58.1 Å². The molecule has 6 atom stereocenters. The monoisotopic (exact) mass is 754 g/mol. The molecule has 2 heterocycles. The van der Waals surface area contributed by atoms with Gasteiger partial charge < -0.3 is 19.9 Å². The van der Waals surface area contributed by atoms with E-state index in [1.165, 1.54) is 37.4 Å². The zero-order valence-corrected chi connectivity index (χ0v) is 27.0. The Balaban J connectivity index is 1.52. The number of phenolic OH excluding ortho intramolecular Hbond substituents is 1. The third kappa shape index (κ3) is 4.11. The molecule has 224 valence electrons. The number of allylic oxidation sites excluding steroid dienone is 2. The average molecular weight is 757 g/mol. The van der Waals surface area contributed by atoms with Crippen LogP contribution in [-0.4, -0.2) is 73.1 Å². The number of anilines is 1. The molecule has 3 fully saturated rings. The second kappa shape index (κ2) is 10.6. The Morgan fingerprint density at radius 3 is 2.44 bits per heavy atom. The van der Waals surface area contributed by atoms with Gasteiger partial charge in [-0.1, -0.05) is 39.7 Å².